The Kier molecular flexibility index (Phi) is 4.34. The number of hydrogen-bond donors (Lipinski definition) is 1. The number of benzene rings is 1. The monoisotopic (exact) mass is 349 g/mol. The van der Waals surface area contributed by atoms with Crippen LogP contribution in [0.4, 0.5) is 5.69 Å². The fourth-order valence-corrected chi connectivity index (χ4v) is 3.52. The zero-order valence-corrected chi connectivity index (χ0v) is 14.9. The van der Waals surface area contributed by atoms with E-state index in [1.165, 1.54) is 0 Å². The largest absolute Gasteiger partial charge is 0.398 e. The predicted molar refractivity (Wildman–Crippen MR) is 103 cm³/mol. The molecule has 0 atom stereocenters. The van der Waals surface area contributed by atoms with Crippen LogP contribution in [0.3, 0.4) is 0 Å². The van der Waals surface area contributed by atoms with Crippen LogP contribution < -0.4 is 5.73 Å². The van der Waals surface area contributed by atoms with Crippen molar-refractivity contribution in [2.24, 2.45) is 0 Å². The molecule has 26 heavy (non-hydrogen) atoms. The molecule has 4 rings (SSSR count). The average Bonchev–Trinajstić information content (AvgIpc) is 3.01. The summed E-state index contributed by atoms with van der Waals surface area (Å²) < 4.78 is 2.09. The van der Waals surface area contributed by atoms with Gasteiger partial charge in [-0.15, -0.1) is 0 Å². The highest BCUT2D eigenvalue weighted by molar-refractivity contribution is 5.73. The quantitative estimate of drug-likeness (QED) is 0.787. The van der Waals surface area contributed by atoms with Gasteiger partial charge in [0.15, 0.2) is 0 Å². The number of nitrogens with two attached hydrogens (primary N) is 1. The number of nitrogens with zero attached hydrogens (tertiary/aromatic N) is 4. The molecule has 1 aliphatic rings. The maximum Gasteiger partial charge on any atom is 0.219 e. The van der Waals surface area contributed by atoms with Crippen molar-refractivity contribution in [3.05, 3.63) is 54.4 Å². The number of hydrogen-bond acceptors (Lipinski definition) is 4. The molecular weight excluding hydrogens is 326 g/mol. The first-order valence-corrected chi connectivity index (χ1v) is 8.91. The fourth-order valence-electron chi connectivity index (χ4n) is 3.52. The Morgan fingerprint density at radius 2 is 1.81 bits per heavy atom. The summed E-state index contributed by atoms with van der Waals surface area (Å²) in [6, 6.07) is 14.1. The van der Waals surface area contributed by atoms with Crippen LogP contribution >= 0.6 is 0 Å². The van der Waals surface area contributed by atoms with Gasteiger partial charge in [-0.2, -0.15) is 0 Å². The molecule has 6 nitrogen and oxygen atoms in total. The standard InChI is InChI=1S/C20H23N5O/c1-15(26)24-11-9-23(10-12-24)14-18-20(16-5-3-2-4-6-16)22-19-8-7-17(21)13-25(18)19/h2-8,13H,9-12,14,21H2,1H3. The molecule has 0 spiro atoms. The van der Waals surface area contributed by atoms with E-state index in [0.717, 1.165) is 61.0 Å². The lowest BCUT2D eigenvalue weighted by atomic mass is 10.1. The molecule has 1 aliphatic heterocycles. The van der Waals surface area contributed by atoms with Gasteiger partial charge >= 0.3 is 0 Å². The first-order chi connectivity index (χ1) is 12.6. The molecule has 6 heteroatoms. The van der Waals surface area contributed by atoms with E-state index in [4.69, 9.17) is 10.7 Å². The average molecular weight is 349 g/mol. The third kappa shape index (κ3) is 3.15. The lowest BCUT2D eigenvalue weighted by Crippen LogP contribution is -2.47. The first kappa shape index (κ1) is 16.6. The van der Waals surface area contributed by atoms with Gasteiger partial charge in [-0.25, -0.2) is 4.98 Å². The zero-order valence-electron chi connectivity index (χ0n) is 14.9. The van der Waals surface area contributed by atoms with Crippen LogP contribution in [0.15, 0.2) is 48.7 Å². The van der Waals surface area contributed by atoms with Crippen molar-refractivity contribution in [3.63, 3.8) is 0 Å². The number of piperazine rings is 1. The van der Waals surface area contributed by atoms with E-state index < -0.39 is 0 Å². The molecule has 0 bridgehead atoms. The van der Waals surface area contributed by atoms with Crippen LogP contribution in [0.25, 0.3) is 16.9 Å². The molecule has 0 saturated carbocycles. The second-order valence-corrected chi connectivity index (χ2v) is 6.75. The Labute approximate surface area is 152 Å². The summed E-state index contributed by atoms with van der Waals surface area (Å²) in [6.45, 7) is 5.69. The van der Waals surface area contributed by atoms with Gasteiger partial charge in [0.25, 0.3) is 0 Å². The molecule has 2 N–H and O–H groups in total. The molecule has 1 saturated heterocycles. The first-order valence-electron chi connectivity index (χ1n) is 8.91. The molecule has 0 radical (unpaired) electrons. The van der Waals surface area contributed by atoms with E-state index in [-0.39, 0.29) is 5.91 Å². The van der Waals surface area contributed by atoms with Crippen LogP contribution in [0.1, 0.15) is 12.6 Å². The highest BCUT2D eigenvalue weighted by Gasteiger charge is 2.22. The van der Waals surface area contributed by atoms with E-state index in [2.05, 4.69) is 21.4 Å². The highest BCUT2D eigenvalue weighted by Crippen LogP contribution is 2.26. The van der Waals surface area contributed by atoms with Crippen molar-refractivity contribution in [3.8, 4) is 11.3 Å². The van der Waals surface area contributed by atoms with E-state index in [1.54, 1.807) is 6.92 Å². The highest BCUT2D eigenvalue weighted by atomic mass is 16.2. The molecular formula is C20H23N5O. The summed E-state index contributed by atoms with van der Waals surface area (Å²) >= 11 is 0. The second-order valence-electron chi connectivity index (χ2n) is 6.75. The number of aromatic nitrogens is 2. The molecule has 134 valence electrons. The number of carbonyl (C=O) groups is 1. The normalized spacial score (nSPS) is 15.5. The Morgan fingerprint density at radius 3 is 2.50 bits per heavy atom. The number of pyridine rings is 1. The number of imidazole rings is 1. The van der Waals surface area contributed by atoms with Gasteiger partial charge in [0.2, 0.25) is 5.91 Å². The minimum atomic E-state index is 0.150. The Bertz CT molecular complexity index is 926. The molecule has 0 unspecified atom stereocenters. The van der Waals surface area contributed by atoms with Crippen LogP contribution in [0, 0.1) is 0 Å². The third-order valence-electron chi connectivity index (χ3n) is 4.98. The number of rotatable bonds is 3. The smallest absolute Gasteiger partial charge is 0.219 e. The Morgan fingerprint density at radius 1 is 1.08 bits per heavy atom. The lowest BCUT2D eigenvalue weighted by molar-refractivity contribution is -0.130. The van der Waals surface area contributed by atoms with E-state index in [9.17, 15) is 4.79 Å². The van der Waals surface area contributed by atoms with Crippen LogP contribution in [-0.4, -0.2) is 51.3 Å². The lowest BCUT2D eigenvalue weighted by Gasteiger charge is -2.34. The Balaban J connectivity index is 1.69. The summed E-state index contributed by atoms with van der Waals surface area (Å²) in [5.41, 5.74) is 10.9. The number of nitrogen functional groups attached to an aromatic ring is 1. The van der Waals surface area contributed by atoms with E-state index in [0.29, 0.717) is 0 Å². The molecule has 1 amide bonds. The van der Waals surface area contributed by atoms with Crippen LogP contribution in [0.2, 0.25) is 0 Å². The minimum Gasteiger partial charge on any atom is -0.398 e. The minimum absolute atomic E-state index is 0.150. The molecule has 3 heterocycles. The summed E-state index contributed by atoms with van der Waals surface area (Å²) in [6.07, 6.45) is 1.94. The van der Waals surface area contributed by atoms with Gasteiger partial charge in [-0.05, 0) is 12.1 Å². The summed E-state index contributed by atoms with van der Waals surface area (Å²) in [7, 11) is 0. The number of fused-ring (bicyclic) bond motifs is 1. The molecule has 2 aromatic heterocycles. The maximum atomic E-state index is 11.6. The van der Waals surface area contributed by atoms with Crippen molar-refractivity contribution < 1.29 is 4.79 Å². The van der Waals surface area contributed by atoms with E-state index in [1.807, 2.05) is 41.4 Å². The number of anilines is 1. The SMILES string of the molecule is CC(=O)N1CCN(Cc2c(-c3ccccc3)nc3ccc(N)cn23)CC1. The molecule has 0 aliphatic carbocycles. The zero-order chi connectivity index (χ0) is 18.1. The van der Waals surface area contributed by atoms with Crippen molar-refractivity contribution >= 4 is 17.2 Å². The number of carbonyl (C=O) groups excluding carboxylic acids is 1. The van der Waals surface area contributed by atoms with Gasteiger partial charge in [0.1, 0.15) is 5.65 Å². The molecule has 3 aromatic rings. The topological polar surface area (TPSA) is 66.9 Å². The second kappa shape index (κ2) is 6.80. The molecule has 1 aromatic carbocycles. The van der Waals surface area contributed by atoms with E-state index >= 15 is 0 Å². The van der Waals surface area contributed by atoms with Crippen molar-refractivity contribution in [2.75, 3.05) is 31.9 Å². The van der Waals surface area contributed by atoms with Gasteiger partial charge in [0.05, 0.1) is 11.4 Å². The van der Waals surface area contributed by atoms with Crippen molar-refractivity contribution in [2.45, 2.75) is 13.5 Å². The van der Waals surface area contributed by atoms with Crippen molar-refractivity contribution in [1.29, 1.82) is 0 Å². The summed E-state index contributed by atoms with van der Waals surface area (Å²) in [5, 5.41) is 0. The van der Waals surface area contributed by atoms with Gasteiger partial charge in [-0.1, -0.05) is 30.3 Å². The fraction of sp³-hybridized carbons (Fsp3) is 0.300. The molecule has 1 fully saturated rings. The predicted octanol–water partition coefficient (Wildman–Crippen LogP) is 2.25. The number of amides is 1. The van der Waals surface area contributed by atoms with Gasteiger partial charge in [0, 0.05) is 57.1 Å². The van der Waals surface area contributed by atoms with Gasteiger partial charge < -0.3 is 15.0 Å². The Hall–Kier alpha value is -2.86. The summed E-state index contributed by atoms with van der Waals surface area (Å²) in [4.78, 5) is 20.7. The van der Waals surface area contributed by atoms with Crippen LogP contribution in [-0.2, 0) is 11.3 Å². The van der Waals surface area contributed by atoms with Crippen LogP contribution in [0.5, 0.6) is 0 Å². The maximum absolute atomic E-state index is 11.6. The summed E-state index contributed by atoms with van der Waals surface area (Å²) in [5.74, 6) is 0.150. The van der Waals surface area contributed by atoms with Gasteiger partial charge in [-0.3, -0.25) is 9.69 Å². The third-order valence-corrected chi connectivity index (χ3v) is 4.98. The van der Waals surface area contributed by atoms with Crippen molar-refractivity contribution in [1.82, 2.24) is 19.2 Å².